The third kappa shape index (κ3) is 3.93. The number of carboxylic acid groups (broad SMARTS) is 1. The second-order valence-corrected chi connectivity index (χ2v) is 6.68. The van der Waals surface area contributed by atoms with Crippen LogP contribution in [-0.4, -0.2) is 45.0 Å². The van der Waals surface area contributed by atoms with Crippen molar-refractivity contribution in [2.24, 2.45) is 5.41 Å². The maximum absolute atomic E-state index is 11.6. The SMILES string of the molecule is COCCC1(CNS(=O)(=O)C(C)C(=O)O)CC1. The van der Waals surface area contributed by atoms with Crippen LogP contribution in [0.2, 0.25) is 0 Å². The molecule has 0 aromatic carbocycles. The van der Waals surface area contributed by atoms with Gasteiger partial charge in [0.05, 0.1) is 0 Å². The molecule has 1 aliphatic carbocycles. The molecule has 0 amide bonds. The molecule has 1 rings (SSSR count). The van der Waals surface area contributed by atoms with Crippen LogP contribution >= 0.6 is 0 Å². The number of carbonyl (C=O) groups is 1. The minimum atomic E-state index is -3.77. The Morgan fingerprint density at radius 1 is 1.53 bits per heavy atom. The monoisotopic (exact) mass is 265 g/mol. The van der Waals surface area contributed by atoms with Crippen LogP contribution in [0.1, 0.15) is 26.2 Å². The first kappa shape index (κ1) is 14.4. The molecular formula is C10H19NO5S. The zero-order valence-electron chi connectivity index (χ0n) is 10.1. The van der Waals surface area contributed by atoms with Crippen LogP contribution in [0, 0.1) is 5.41 Å². The second kappa shape index (κ2) is 5.32. The van der Waals surface area contributed by atoms with Crippen molar-refractivity contribution in [3.8, 4) is 0 Å². The zero-order valence-corrected chi connectivity index (χ0v) is 10.9. The van der Waals surface area contributed by atoms with Crippen LogP contribution in [0.4, 0.5) is 0 Å². The van der Waals surface area contributed by atoms with Gasteiger partial charge in [-0.25, -0.2) is 13.1 Å². The van der Waals surface area contributed by atoms with Crippen molar-refractivity contribution in [3.63, 3.8) is 0 Å². The molecule has 1 saturated carbocycles. The van der Waals surface area contributed by atoms with E-state index in [0.717, 1.165) is 19.3 Å². The maximum Gasteiger partial charge on any atom is 0.323 e. The highest BCUT2D eigenvalue weighted by Crippen LogP contribution is 2.48. The van der Waals surface area contributed by atoms with E-state index in [1.54, 1.807) is 7.11 Å². The van der Waals surface area contributed by atoms with Crippen LogP contribution in [0.25, 0.3) is 0 Å². The molecule has 0 aromatic rings. The van der Waals surface area contributed by atoms with Crippen molar-refractivity contribution >= 4 is 16.0 Å². The van der Waals surface area contributed by atoms with Gasteiger partial charge >= 0.3 is 5.97 Å². The molecule has 0 heterocycles. The van der Waals surface area contributed by atoms with Crippen molar-refractivity contribution in [1.82, 2.24) is 4.72 Å². The fraction of sp³-hybridized carbons (Fsp3) is 0.900. The summed E-state index contributed by atoms with van der Waals surface area (Å²) >= 11 is 0. The number of carboxylic acids is 1. The normalized spacial score (nSPS) is 19.9. The largest absolute Gasteiger partial charge is 0.480 e. The lowest BCUT2D eigenvalue weighted by atomic mass is 10.0. The van der Waals surface area contributed by atoms with Crippen molar-refractivity contribution in [2.45, 2.75) is 31.4 Å². The van der Waals surface area contributed by atoms with Crippen LogP contribution < -0.4 is 4.72 Å². The van der Waals surface area contributed by atoms with Crippen molar-refractivity contribution < 1.29 is 23.1 Å². The average Bonchev–Trinajstić information content (AvgIpc) is 3.03. The topological polar surface area (TPSA) is 92.7 Å². The first-order valence-electron chi connectivity index (χ1n) is 5.53. The Bertz CT molecular complexity index is 374. The third-order valence-corrected chi connectivity index (χ3v) is 4.93. The van der Waals surface area contributed by atoms with Gasteiger partial charge in [0.15, 0.2) is 5.25 Å². The van der Waals surface area contributed by atoms with Crippen LogP contribution in [0.15, 0.2) is 0 Å². The van der Waals surface area contributed by atoms with E-state index in [1.807, 2.05) is 0 Å². The predicted octanol–water partition coefficient (Wildman–Crippen LogP) is 0.196. The molecule has 7 heteroatoms. The fourth-order valence-electron chi connectivity index (χ4n) is 1.52. The summed E-state index contributed by atoms with van der Waals surface area (Å²) < 4.78 is 30.5. The number of sulfonamides is 1. The molecule has 0 bridgehead atoms. The summed E-state index contributed by atoms with van der Waals surface area (Å²) in [5.74, 6) is -1.33. The highest BCUT2D eigenvalue weighted by atomic mass is 32.2. The minimum Gasteiger partial charge on any atom is -0.480 e. The van der Waals surface area contributed by atoms with Gasteiger partial charge in [-0.1, -0.05) is 0 Å². The first-order chi connectivity index (χ1) is 7.83. The van der Waals surface area contributed by atoms with E-state index < -0.39 is 21.2 Å². The van der Waals surface area contributed by atoms with Crippen molar-refractivity contribution in [3.05, 3.63) is 0 Å². The van der Waals surface area contributed by atoms with Gasteiger partial charge in [-0.3, -0.25) is 4.79 Å². The summed E-state index contributed by atoms with van der Waals surface area (Å²) in [6.07, 6.45) is 2.72. The van der Waals surface area contributed by atoms with E-state index in [-0.39, 0.29) is 5.41 Å². The smallest absolute Gasteiger partial charge is 0.323 e. The van der Waals surface area contributed by atoms with Gasteiger partial charge in [-0.15, -0.1) is 0 Å². The molecule has 0 saturated heterocycles. The standard InChI is InChI=1S/C10H19NO5S/c1-8(9(12)13)17(14,15)11-7-10(3-4-10)5-6-16-2/h8,11H,3-7H2,1-2H3,(H,12,13). The van der Waals surface area contributed by atoms with E-state index in [9.17, 15) is 13.2 Å². The van der Waals surface area contributed by atoms with Gasteiger partial charge in [-0.2, -0.15) is 0 Å². The van der Waals surface area contributed by atoms with Gasteiger partial charge in [0, 0.05) is 20.3 Å². The lowest BCUT2D eigenvalue weighted by Gasteiger charge is -2.17. The Labute approximate surface area is 101 Å². The Hall–Kier alpha value is -0.660. The highest BCUT2D eigenvalue weighted by molar-refractivity contribution is 7.90. The quantitative estimate of drug-likeness (QED) is 0.654. The van der Waals surface area contributed by atoms with Gasteiger partial charge in [0.25, 0.3) is 0 Å². The first-order valence-corrected chi connectivity index (χ1v) is 7.08. The van der Waals surface area contributed by atoms with E-state index in [1.165, 1.54) is 6.92 Å². The van der Waals surface area contributed by atoms with Crippen LogP contribution in [-0.2, 0) is 19.6 Å². The number of methoxy groups -OCH3 is 1. The summed E-state index contributed by atoms with van der Waals surface area (Å²) in [4.78, 5) is 10.6. The number of hydrogen-bond acceptors (Lipinski definition) is 4. The third-order valence-electron chi connectivity index (χ3n) is 3.26. The van der Waals surface area contributed by atoms with Gasteiger partial charge < -0.3 is 9.84 Å². The summed E-state index contributed by atoms with van der Waals surface area (Å²) in [5.41, 5.74) is -0.0265. The van der Waals surface area contributed by atoms with Gasteiger partial charge in [-0.05, 0) is 31.6 Å². The molecule has 0 aromatic heterocycles. The van der Waals surface area contributed by atoms with Gasteiger partial charge in [0.2, 0.25) is 10.0 Å². The fourth-order valence-corrected chi connectivity index (χ4v) is 2.54. The molecule has 6 nitrogen and oxygen atoms in total. The molecule has 1 fully saturated rings. The molecule has 1 aliphatic rings. The molecule has 1 atom stereocenters. The van der Waals surface area contributed by atoms with E-state index in [2.05, 4.69) is 4.72 Å². The summed E-state index contributed by atoms with van der Waals surface area (Å²) in [5, 5.41) is 7.25. The molecule has 0 aliphatic heterocycles. The Balaban J connectivity index is 2.48. The zero-order chi connectivity index (χ0) is 13.1. The van der Waals surface area contributed by atoms with Crippen molar-refractivity contribution in [2.75, 3.05) is 20.3 Å². The molecule has 1 unspecified atom stereocenters. The lowest BCUT2D eigenvalue weighted by Crippen LogP contribution is -2.40. The van der Waals surface area contributed by atoms with E-state index in [4.69, 9.17) is 9.84 Å². The summed E-state index contributed by atoms with van der Waals surface area (Å²) in [6.45, 7) is 2.06. The Kier molecular flexibility index (Phi) is 4.51. The molecule has 2 N–H and O–H groups in total. The summed E-state index contributed by atoms with van der Waals surface area (Å²) in [6, 6.07) is 0. The second-order valence-electron chi connectivity index (χ2n) is 4.59. The van der Waals surface area contributed by atoms with Crippen LogP contribution in [0.5, 0.6) is 0 Å². The Morgan fingerprint density at radius 3 is 2.53 bits per heavy atom. The number of nitrogens with one attached hydrogen (secondary N) is 1. The van der Waals surface area contributed by atoms with Crippen LogP contribution in [0.3, 0.4) is 0 Å². The average molecular weight is 265 g/mol. The molecule has 0 spiro atoms. The number of hydrogen-bond donors (Lipinski definition) is 2. The maximum atomic E-state index is 11.6. The molecule has 0 radical (unpaired) electrons. The Morgan fingerprint density at radius 2 is 2.12 bits per heavy atom. The van der Waals surface area contributed by atoms with E-state index in [0.29, 0.717) is 13.2 Å². The summed E-state index contributed by atoms with van der Waals surface area (Å²) in [7, 11) is -2.16. The van der Waals surface area contributed by atoms with E-state index >= 15 is 0 Å². The minimum absolute atomic E-state index is 0.0265. The predicted molar refractivity (Wildman–Crippen MR) is 62.2 cm³/mol. The molecule has 17 heavy (non-hydrogen) atoms. The van der Waals surface area contributed by atoms with Crippen molar-refractivity contribution in [1.29, 1.82) is 0 Å². The molecular weight excluding hydrogens is 246 g/mol. The lowest BCUT2D eigenvalue weighted by molar-refractivity contribution is -0.136. The highest BCUT2D eigenvalue weighted by Gasteiger charge is 2.43. The molecule has 100 valence electrons. The van der Waals surface area contributed by atoms with Gasteiger partial charge in [0.1, 0.15) is 0 Å². The number of aliphatic carboxylic acids is 1. The number of rotatable bonds is 8. The number of ether oxygens (including phenoxy) is 1.